The first-order valence-electron chi connectivity index (χ1n) is 7.38. The van der Waals surface area contributed by atoms with Crippen LogP contribution in [0.5, 0.6) is 0 Å². The van der Waals surface area contributed by atoms with Gasteiger partial charge in [-0.05, 0) is 43.4 Å². The van der Waals surface area contributed by atoms with Crippen LogP contribution < -0.4 is 10.2 Å². The fourth-order valence-corrected chi connectivity index (χ4v) is 2.77. The molecule has 0 aliphatic heterocycles. The first-order chi connectivity index (χ1) is 9.20. The summed E-state index contributed by atoms with van der Waals surface area (Å²) in [5, 5.41) is 12.8. The van der Waals surface area contributed by atoms with Gasteiger partial charge in [-0.25, -0.2) is 0 Å². The van der Waals surface area contributed by atoms with Gasteiger partial charge in [0.2, 0.25) is 0 Å². The summed E-state index contributed by atoms with van der Waals surface area (Å²) in [5.41, 5.74) is 2.67. The first-order valence-corrected chi connectivity index (χ1v) is 7.38. The van der Waals surface area contributed by atoms with Gasteiger partial charge in [0, 0.05) is 25.8 Å². The van der Waals surface area contributed by atoms with E-state index in [9.17, 15) is 5.11 Å². The molecule has 3 heteroatoms. The Balaban J connectivity index is 1.93. The molecule has 0 saturated heterocycles. The molecule has 106 valence electrons. The summed E-state index contributed by atoms with van der Waals surface area (Å²) in [6.45, 7) is 5.23. The highest BCUT2D eigenvalue weighted by Gasteiger charge is 2.28. The Morgan fingerprint density at radius 1 is 1.32 bits per heavy atom. The molecule has 0 bridgehead atoms. The average Bonchev–Trinajstić information content (AvgIpc) is 2.38. The zero-order valence-electron chi connectivity index (χ0n) is 12.1. The van der Waals surface area contributed by atoms with E-state index in [2.05, 4.69) is 48.5 Å². The van der Waals surface area contributed by atoms with E-state index in [1.54, 1.807) is 0 Å². The molecule has 1 aromatic carbocycles. The van der Waals surface area contributed by atoms with Crippen molar-refractivity contribution in [3.63, 3.8) is 0 Å². The van der Waals surface area contributed by atoms with Crippen molar-refractivity contribution in [2.75, 3.05) is 25.0 Å². The molecule has 0 aromatic heterocycles. The van der Waals surface area contributed by atoms with Crippen LogP contribution in [0.4, 0.5) is 5.69 Å². The Kier molecular flexibility index (Phi) is 5.23. The second-order valence-corrected chi connectivity index (χ2v) is 5.68. The Labute approximate surface area is 116 Å². The molecular weight excluding hydrogens is 236 g/mol. The average molecular weight is 262 g/mol. The van der Waals surface area contributed by atoms with Crippen LogP contribution >= 0.6 is 0 Å². The highest BCUT2D eigenvalue weighted by atomic mass is 16.3. The minimum absolute atomic E-state index is 0.0557. The molecular formula is C16H26N2O. The van der Waals surface area contributed by atoms with E-state index in [-0.39, 0.29) is 6.10 Å². The number of hydrogen-bond acceptors (Lipinski definition) is 3. The van der Waals surface area contributed by atoms with Gasteiger partial charge in [-0.2, -0.15) is 0 Å². The Hall–Kier alpha value is -1.06. The molecule has 1 saturated carbocycles. The predicted molar refractivity (Wildman–Crippen MR) is 80.4 cm³/mol. The zero-order chi connectivity index (χ0) is 13.7. The van der Waals surface area contributed by atoms with Gasteiger partial charge in [-0.3, -0.25) is 0 Å². The number of rotatable bonds is 7. The molecule has 0 heterocycles. The summed E-state index contributed by atoms with van der Waals surface area (Å²) in [7, 11) is 2.16. The van der Waals surface area contributed by atoms with Crippen LogP contribution in [-0.4, -0.2) is 31.3 Å². The predicted octanol–water partition coefficient (Wildman–Crippen LogP) is 2.39. The molecule has 0 amide bonds. The third kappa shape index (κ3) is 3.95. The van der Waals surface area contributed by atoms with Crippen molar-refractivity contribution in [2.24, 2.45) is 5.92 Å². The van der Waals surface area contributed by atoms with Crippen LogP contribution in [0.25, 0.3) is 0 Å². The van der Waals surface area contributed by atoms with Gasteiger partial charge in [-0.15, -0.1) is 0 Å². The number of aliphatic hydroxyl groups excluding tert-OH is 1. The monoisotopic (exact) mass is 262 g/mol. The highest BCUT2D eigenvalue weighted by Crippen LogP contribution is 2.30. The summed E-state index contributed by atoms with van der Waals surface area (Å²) in [6, 6.07) is 8.60. The first kappa shape index (κ1) is 14.4. The smallest absolute Gasteiger partial charge is 0.0546 e. The van der Waals surface area contributed by atoms with E-state index in [1.807, 2.05) is 0 Å². The topological polar surface area (TPSA) is 35.5 Å². The number of anilines is 1. The maximum absolute atomic E-state index is 9.37. The summed E-state index contributed by atoms with van der Waals surface area (Å²) >= 11 is 0. The van der Waals surface area contributed by atoms with Crippen molar-refractivity contribution in [2.45, 2.75) is 38.8 Å². The number of nitrogens with one attached hydrogen (secondary N) is 1. The molecule has 3 nitrogen and oxygen atoms in total. The number of nitrogens with zero attached hydrogens (tertiary/aromatic N) is 1. The van der Waals surface area contributed by atoms with Gasteiger partial charge in [0.25, 0.3) is 0 Å². The fourth-order valence-electron chi connectivity index (χ4n) is 2.77. The Bertz CT molecular complexity index is 388. The molecule has 19 heavy (non-hydrogen) atoms. The van der Waals surface area contributed by atoms with Crippen molar-refractivity contribution in [3.05, 3.63) is 29.8 Å². The van der Waals surface area contributed by atoms with Gasteiger partial charge in [0.1, 0.15) is 0 Å². The van der Waals surface area contributed by atoms with Crippen molar-refractivity contribution < 1.29 is 5.11 Å². The molecule has 1 aliphatic carbocycles. The fraction of sp³-hybridized carbons (Fsp3) is 0.625. The zero-order valence-corrected chi connectivity index (χ0v) is 12.1. The van der Waals surface area contributed by atoms with E-state index in [1.165, 1.54) is 11.3 Å². The van der Waals surface area contributed by atoms with Crippen molar-refractivity contribution in [1.29, 1.82) is 0 Å². The summed E-state index contributed by atoms with van der Waals surface area (Å²) in [4.78, 5) is 2.33. The van der Waals surface area contributed by atoms with Gasteiger partial charge >= 0.3 is 0 Å². The number of benzene rings is 1. The summed E-state index contributed by atoms with van der Waals surface area (Å²) in [5.74, 6) is 0.650. The number of para-hydroxylation sites is 1. The normalized spacial score (nSPS) is 22.1. The maximum Gasteiger partial charge on any atom is 0.0546 e. The molecule has 0 atom stereocenters. The minimum atomic E-state index is -0.0557. The van der Waals surface area contributed by atoms with Gasteiger partial charge < -0.3 is 15.3 Å². The van der Waals surface area contributed by atoms with Crippen LogP contribution in [0, 0.1) is 5.92 Å². The van der Waals surface area contributed by atoms with Crippen LogP contribution in [-0.2, 0) is 6.54 Å². The lowest BCUT2D eigenvalue weighted by atomic mass is 9.82. The second-order valence-electron chi connectivity index (χ2n) is 5.68. The van der Waals surface area contributed by atoms with Crippen molar-refractivity contribution in [1.82, 2.24) is 5.32 Å². The third-order valence-corrected chi connectivity index (χ3v) is 3.89. The highest BCUT2D eigenvalue weighted by molar-refractivity contribution is 5.53. The molecule has 0 radical (unpaired) electrons. The minimum Gasteiger partial charge on any atom is -0.393 e. The lowest BCUT2D eigenvalue weighted by Gasteiger charge is -2.35. The lowest BCUT2D eigenvalue weighted by Crippen LogP contribution is -2.37. The molecule has 1 aliphatic rings. The summed E-state index contributed by atoms with van der Waals surface area (Å²) < 4.78 is 0. The maximum atomic E-state index is 9.37. The molecule has 1 aromatic rings. The Morgan fingerprint density at radius 2 is 2.05 bits per heavy atom. The van der Waals surface area contributed by atoms with Crippen LogP contribution in [0.15, 0.2) is 24.3 Å². The van der Waals surface area contributed by atoms with E-state index >= 15 is 0 Å². The van der Waals surface area contributed by atoms with E-state index in [4.69, 9.17) is 0 Å². The quantitative estimate of drug-likeness (QED) is 0.741. The SMILES string of the molecule is CCCNCc1ccccc1N(C)CC1CC(O)C1. The van der Waals surface area contributed by atoms with Crippen molar-refractivity contribution >= 4 is 5.69 Å². The van der Waals surface area contributed by atoms with Gasteiger partial charge in [-0.1, -0.05) is 25.1 Å². The largest absolute Gasteiger partial charge is 0.393 e. The van der Waals surface area contributed by atoms with Gasteiger partial charge in [0.15, 0.2) is 0 Å². The van der Waals surface area contributed by atoms with Crippen LogP contribution in [0.1, 0.15) is 31.7 Å². The van der Waals surface area contributed by atoms with E-state index < -0.39 is 0 Å². The molecule has 2 N–H and O–H groups in total. The molecule has 2 rings (SSSR count). The van der Waals surface area contributed by atoms with Crippen LogP contribution in [0.3, 0.4) is 0 Å². The molecule has 1 fully saturated rings. The van der Waals surface area contributed by atoms with Crippen molar-refractivity contribution in [3.8, 4) is 0 Å². The van der Waals surface area contributed by atoms with E-state index in [0.717, 1.165) is 38.9 Å². The van der Waals surface area contributed by atoms with E-state index in [0.29, 0.717) is 5.92 Å². The molecule has 0 unspecified atom stereocenters. The number of aliphatic hydroxyl groups is 1. The standard InChI is InChI=1S/C16H26N2O/c1-3-8-17-11-14-6-4-5-7-16(14)18(2)12-13-9-15(19)10-13/h4-7,13,15,17,19H,3,8-12H2,1-2H3. The van der Waals surface area contributed by atoms with Gasteiger partial charge in [0.05, 0.1) is 6.10 Å². The molecule has 0 spiro atoms. The lowest BCUT2D eigenvalue weighted by molar-refractivity contribution is 0.0464. The third-order valence-electron chi connectivity index (χ3n) is 3.89. The number of hydrogen-bond donors (Lipinski definition) is 2. The second kappa shape index (κ2) is 6.92. The van der Waals surface area contributed by atoms with Crippen LogP contribution in [0.2, 0.25) is 0 Å². The Morgan fingerprint density at radius 3 is 2.74 bits per heavy atom. The summed E-state index contributed by atoms with van der Waals surface area (Å²) in [6.07, 6.45) is 3.03.